The first kappa shape index (κ1) is 18.9. The summed E-state index contributed by atoms with van der Waals surface area (Å²) in [7, 11) is -3.50. The Balaban J connectivity index is 1.81. The number of sulfonamides is 1. The van der Waals surface area contributed by atoms with Crippen molar-refractivity contribution in [3.8, 4) is 0 Å². The number of anilines is 1. The number of nitrogens with zero attached hydrogens (tertiary/aromatic N) is 1. The van der Waals surface area contributed by atoms with Gasteiger partial charge in [-0.3, -0.25) is 4.79 Å². The molecule has 24 heavy (non-hydrogen) atoms. The molecule has 6 nitrogen and oxygen atoms in total. The van der Waals surface area contributed by atoms with Crippen LogP contribution in [0.5, 0.6) is 0 Å². The van der Waals surface area contributed by atoms with Crippen LogP contribution < -0.4 is 10.0 Å². The van der Waals surface area contributed by atoms with E-state index in [4.69, 9.17) is 0 Å². The summed E-state index contributed by atoms with van der Waals surface area (Å²) < 4.78 is 27.2. The summed E-state index contributed by atoms with van der Waals surface area (Å²) in [6.45, 7) is 6.11. The van der Waals surface area contributed by atoms with Gasteiger partial charge in [0.25, 0.3) is 0 Å². The van der Waals surface area contributed by atoms with Gasteiger partial charge in [-0.15, -0.1) is 0 Å². The molecule has 1 heterocycles. The van der Waals surface area contributed by atoms with E-state index in [-0.39, 0.29) is 10.8 Å². The predicted molar refractivity (Wildman–Crippen MR) is 95.4 cm³/mol. The number of carbonyl (C=O) groups excluding carboxylic acids is 1. The van der Waals surface area contributed by atoms with Gasteiger partial charge in [-0.25, -0.2) is 13.1 Å². The Morgan fingerprint density at radius 3 is 2.58 bits per heavy atom. The minimum atomic E-state index is -3.50. The monoisotopic (exact) mass is 353 g/mol. The molecule has 0 spiro atoms. The summed E-state index contributed by atoms with van der Waals surface area (Å²) in [5.74, 6) is -0.185. The zero-order valence-corrected chi connectivity index (χ0v) is 15.2. The van der Waals surface area contributed by atoms with Crippen LogP contribution in [0.15, 0.2) is 29.2 Å². The Bertz CT molecular complexity index is 644. The zero-order chi connectivity index (χ0) is 17.6. The molecule has 1 aliphatic rings. The Morgan fingerprint density at radius 2 is 1.96 bits per heavy atom. The maximum Gasteiger partial charge on any atom is 0.240 e. The van der Waals surface area contributed by atoms with E-state index in [0.29, 0.717) is 18.3 Å². The first-order valence-electron chi connectivity index (χ1n) is 8.50. The van der Waals surface area contributed by atoms with Crippen molar-refractivity contribution in [2.24, 2.45) is 0 Å². The number of hydrogen-bond acceptors (Lipinski definition) is 4. The molecule has 1 atom stereocenters. The molecule has 1 fully saturated rings. The second-order valence-electron chi connectivity index (χ2n) is 6.34. The number of carbonyl (C=O) groups is 1. The first-order chi connectivity index (χ1) is 11.4. The van der Waals surface area contributed by atoms with Crippen molar-refractivity contribution in [1.82, 2.24) is 9.62 Å². The molecule has 0 saturated carbocycles. The van der Waals surface area contributed by atoms with E-state index < -0.39 is 10.0 Å². The largest absolute Gasteiger partial charge is 0.326 e. The summed E-state index contributed by atoms with van der Waals surface area (Å²) in [5.41, 5.74) is 0.584. The van der Waals surface area contributed by atoms with Crippen molar-refractivity contribution in [2.75, 3.05) is 25.0 Å². The molecule has 0 radical (unpaired) electrons. The minimum Gasteiger partial charge on any atom is -0.326 e. The fourth-order valence-corrected chi connectivity index (χ4v) is 4.06. The molecule has 0 aromatic heterocycles. The van der Waals surface area contributed by atoms with Crippen molar-refractivity contribution in [1.29, 1.82) is 0 Å². The van der Waals surface area contributed by atoms with Crippen LogP contribution in [0.1, 0.15) is 39.5 Å². The number of nitrogens with one attached hydrogen (secondary N) is 2. The Labute approximate surface area is 144 Å². The normalized spacial score (nSPS) is 19.2. The van der Waals surface area contributed by atoms with Crippen LogP contribution in [-0.2, 0) is 14.8 Å². The Hall–Kier alpha value is -1.44. The lowest BCUT2D eigenvalue weighted by atomic mass is 10.0. The van der Waals surface area contributed by atoms with Gasteiger partial charge in [-0.05, 0) is 63.5 Å². The van der Waals surface area contributed by atoms with Gasteiger partial charge in [0.15, 0.2) is 0 Å². The van der Waals surface area contributed by atoms with Crippen LogP contribution in [0.4, 0.5) is 5.69 Å². The molecular weight excluding hydrogens is 326 g/mol. The first-order valence-corrected chi connectivity index (χ1v) is 9.98. The fourth-order valence-electron chi connectivity index (χ4n) is 2.98. The van der Waals surface area contributed by atoms with Crippen molar-refractivity contribution in [3.05, 3.63) is 24.3 Å². The highest BCUT2D eigenvalue weighted by Crippen LogP contribution is 2.16. The van der Waals surface area contributed by atoms with Crippen LogP contribution in [-0.4, -0.2) is 44.9 Å². The van der Waals surface area contributed by atoms with Crippen LogP contribution in [0.25, 0.3) is 0 Å². The second-order valence-corrected chi connectivity index (χ2v) is 8.10. The van der Waals surface area contributed by atoms with Gasteiger partial charge >= 0.3 is 0 Å². The van der Waals surface area contributed by atoms with Gasteiger partial charge in [0, 0.05) is 25.2 Å². The molecule has 134 valence electrons. The number of piperidine rings is 1. The quantitative estimate of drug-likeness (QED) is 0.737. The highest BCUT2D eigenvalue weighted by atomic mass is 32.2. The van der Waals surface area contributed by atoms with E-state index in [2.05, 4.69) is 21.9 Å². The van der Waals surface area contributed by atoms with Crippen molar-refractivity contribution in [3.63, 3.8) is 0 Å². The van der Waals surface area contributed by atoms with E-state index in [1.54, 1.807) is 12.1 Å². The van der Waals surface area contributed by atoms with E-state index in [1.807, 2.05) is 0 Å². The molecule has 2 N–H and O–H groups in total. The average molecular weight is 353 g/mol. The number of rotatable bonds is 7. The van der Waals surface area contributed by atoms with Gasteiger partial charge < -0.3 is 10.2 Å². The van der Waals surface area contributed by atoms with Crippen molar-refractivity contribution < 1.29 is 13.2 Å². The van der Waals surface area contributed by atoms with Crippen LogP contribution in [0.3, 0.4) is 0 Å². The van der Waals surface area contributed by atoms with E-state index in [0.717, 1.165) is 19.5 Å². The molecule has 1 amide bonds. The van der Waals surface area contributed by atoms with Gasteiger partial charge in [0.2, 0.25) is 15.9 Å². The summed E-state index contributed by atoms with van der Waals surface area (Å²) in [6, 6.07) is 6.77. The highest BCUT2D eigenvalue weighted by molar-refractivity contribution is 7.89. The SMILES string of the molecule is CC(=O)Nc1ccc(S(=O)(=O)NCCCN2CCCCC2C)cc1. The number of benzene rings is 1. The predicted octanol–water partition coefficient (Wildman–Crippen LogP) is 2.19. The van der Waals surface area contributed by atoms with Gasteiger partial charge in [0.1, 0.15) is 0 Å². The molecule has 2 rings (SSSR count). The maximum atomic E-state index is 12.3. The fraction of sp³-hybridized carbons (Fsp3) is 0.588. The highest BCUT2D eigenvalue weighted by Gasteiger charge is 2.18. The summed E-state index contributed by atoms with van der Waals surface area (Å²) in [5, 5.41) is 2.62. The lowest BCUT2D eigenvalue weighted by Crippen LogP contribution is -2.39. The third kappa shape index (κ3) is 5.58. The van der Waals surface area contributed by atoms with Gasteiger partial charge in [-0.1, -0.05) is 6.42 Å². The third-order valence-corrected chi connectivity index (χ3v) is 5.82. The number of likely N-dealkylation sites (tertiary alicyclic amines) is 1. The molecule has 1 unspecified atom stereocenters. The van der Waals surface area contributed by atoms with Crippen molar-refractivity contribution in [2.45, 2.75) is 50.5 Å². The molecular formula is C17H27N3O3S. The molecule has 1 saturated heterocycles. The maximum absolute atomic E-state index is 12.3. The molecule has 0 bridgehead atoms. The van der Waals surface area contributed by atoms with E-state index in [9.17, 15) is 13.2 Å². The lowest BCUT2D eigenvalue weighted by Gasteiger charge is -2.33. The third-order valence-electron chi connectivity index (χ3n) is 4.34. The molecule has 0 aliphatic carbocycles. The van der Waals surface area contributed by atoms with Gasteiger partial charge in [-0.2, -0.15) is 0 Å². The summed E-state index contributed by atoms with van der Waals surface area (Å²) >= 11 is 0. The van der Waals surface area contributed by atoms with Crippen LogP contribution in [0, 0.1) is 0 Å². The molecule has 1 aliphatic heterocycles. The number of amides is 1. The average Bonchev–Trinajstić information content (AvgIpc) is 2.53. The molecule has 7 heteroatoms. The van der Waals surface area contributed by atoms with Crippen LogP contribution in [0.2, 0.25) is 0 Å². The lowest BCUT2D eigenvalue weighted by molar-refractivity contribution is -0.114. The summed E-state index contributed by atoms with van der Waals surface area (Å²) in [4.78, 5) is 13.6. The van der Waals surface area contributed by atoms with Crippen molar-refractivity contribution >= 4 is 21.6 Å². The number of hydrogen-bond donors (Lipinski definition) is 2. The van der Waals surface area contributed by atoms with Crippen LogP contribution >= 0.6 is 0 Å². The van der Waals surface area contributed by atoms with Gasteiger partial charge in [0.05, 0.1) is 4.90 Å². The zero-order valence-electron chi connectivity index (χ0n) is 14.4. The van der Waals surface area contributed by atoms with E-state index >= 15 is 0 Å². The Morgan fingerprint density at radius 1 is 1.25 bits per heavy atom. The van der Waals surface area contributed by atoms with E-state index in [1.165, 1.54) is 38.3 Å². The standard InChI is InChI=1S/C17H27N3O3S/c1-14-6-3-4-12-20(14)13-5-11-18-24(22,23)17-9-7-16(8-10-17)19-15(2)21/h7-10,14,18H,3-6,11-13H2,1-2H3,(H,19,21). The Kier molecular flexibility index (Phi) is 6.77. The summed E-state index contributed by atoms with van der Waals surface area (Å²) in [6.07, 6.45) is 4.55. The molecule has 1 aromatic carbocycles. The second kappa shape index (κ2) is 8.60. The minimum absolute atomic E-state index is 0.185. The molecule has 1 aromatic rings. The topological polar surface area (TPSA) is 78.5 Å². The smallest absolute Gasteiger partial charge is 0.240 e.